The van der Waals surface area contributed by atoms with E-state index in [-0.39, 0.29) is 11.8 Å². The summed E-state index contributed by atoms with van der Waals surface area (Å²) in [7, 11) is 0. The van der Waals surface area contributed by atoms with Crippen molar-refractivity contribution in [3.8, 4) is 0 Å². The Morgan fingerprint density at radius 3 is 1.96 bits per heavy atom. The molecule has 3 aliphatic rings. The van der Waals surface area contributed by atoms with Gasteiger partial charge in [0.05, 0.1) is 0 Å². The minimum atomic E-state index is 0.0859. The van der Waals surface area contributed by atoms with Gasteiger partial charge in [-0.1, -0.05) is 18.0 Å². The van der Waals surface area contributed by atoms with Crippen LogP contribution in [0.2, 0.25) is 0 Å². The predicted octanol–water partition coefficient (Wildman–Crippen LogP) is 2.59. The number of amides is 2. The number of aryl methyl sites for hydroxylation is 1. The lowest BCUT2D eigenvalue weighted by molar-refractivity contribution is -0.143. The van der Waals surface area contributed by atoms with E-state index in [1.807, 2.05) is 16.7 Å². The second-order valence-corrected chi connectivity index (χ2v) is 8.79. The zero-order valence-electron chi connectivity index (χ0n) is 16.9. The van der Waals surface area contributed by atoms with Gasteiger partial charge in [0.15, 0.2) is 5.82 Å². The molecule has 1 aromatic rings. The van der Waals surface area contributed by atoms with Crippen LogP contribution in [0.15, 0.2) is 4.52 Å². The molecule has 0 unspecified atom stereocenters. The zero-order chi connectivity index (χ0) is 19.5. The summed E-state index contributed by atoms with van der Waals surface area (Å²) in [4.78, 5) is 33.9. The minimum absolute atomic E-state index is 0.0859. The van der Waals surface area contributed by atoms with Crippen molar-refractivity contribution >= 4 is 11.8 Å². The van der Waals surface area contributed by atoms with Gasteiger partial charge in [-0.05, 0) is 51.4 Å². The summed E-state index contributed by atoms with van der Waals surface area (Å²) in [6.07, 6.45) is 8.91. The normalized spacial score (nSPS) is 22.8. The van der Waals surface area contributed by atoms with E-state index in [2.05, 4.69) is 10.1 Å². The molecule has 0 aromatic carbocycles. The van der Waals surface area contributed by atoms with Gasteiger partial charge in [-0.25, -0.2) is 0 Å². The number of carbonyl (C=O) groups excluding carboxylic acids is 2. The third-order valence-corrected chi connectivity index (χ3v) is 6.82. The number of hydrogen-bond acceptors (Lipinski definition) is 5. The fraction of sp³-hybridized carbons (Fsp3) is 0.810. The molecule has 3 heterocycles. The first-order chi connectivity index (χ1) is 13.6. The van der Waals surface area contributed by atoms with E-state index in [1.54, 1.807) is 0 Å². The van der Waals surface area contributed by atoms with Crippen LogP contribution in [-0.4, -0.2) is 57.9 Å². The number of nitrogens with zero attached hydrogens (tertiary/aromatic N) is 4. The Morgan fingerprint density at radius 1 is 0.893 bits per heavy atom. The minimum Gasteiger partial charge on any atom is -0.342 e. The van der Waals surface area contributed by atoms with Gasteiger partial charge in [0.1, 0.15) is 0 Å². The van der Waals surface area contributed by atoms with Crippen molar-refractivity contribution in [2.45, 2.75) is 64.7 Å². The van der Waals surface area contributed by atoms with E-state index in [0.717, 1.165) is 71.1 Å². The highest BCUT2D eigenvalue weighted by atomic mass is 16.5. The molecule has 0 bridgehead atoms. The molecule has 1 aliphatic carbocycles. The van der Waals surface area contributed by atoms with Crippen molar-refractivity contribution in [3.05, 3.63) is 11.7 Å². The molecule has 2 aliphatic heterocycles. The Morgan fingerprint density at radius 2 is 1.43 bits per heavy atom. The molecule has 2 saturated heterocycles. The average molecular weight is 389 g/mol. The highest BCUT2D eigenvalue weighted by Gasteiger charge is 2.34. The summed E-state index contributed by atoms with van der Waals surface area (Å²) in [6.45, 7) is 4.97. The first-order valence-electron chi connectivity index (χ1n) is 11.0. The molecule has 3 fully saturated rings. The van der Waals surface area contributed by atoms with Crippen LogP contribution in [0.25, 0.3) is 0 Å². The summed E-state index contributed by atoms with van der Waals surface area (Å²) in [5.74, 6) is 2.86. The molecule has 0 spiro atoms. The van der Waals surface area contributed by atoms with Crippen LogP contribution in [0.3, 0.4) is 0 Å². The van der Waals surface area contributed by atoms with Crippen LogP contribution < -0.4 is 0 Å². The van der Waals surface area contributed by atoms with E-state index in [0.29, 0.717) is 29.4 Å². The van der Waals surface area contributed by atoms with Crippen LogP contribution in [0.1, 0.15) is 63.1 Å². The van der Waals surface area contributed by atoms with Gasteiger partial charge in [0, 0.05) is 44.4 Å². The quantitative estimate of drug-likeness (QED) is 0.792. The molecule has 0 atom stereocenters. The summed E-state index contributed by atoms with van der Waals surface area (Å²) < 4.78 is 5.23. The number of aromatic nitrogens is 2. The molecule has 0 radical (unpaired) electrons. The Hall–Kier alpha value is -1.92. The lowest BCUT2D eigenvalue weighted by Crippen LogP contribution is -2.47. The smallest absolute Gasteiger partial charge is 0.226 e. The second kappa shape index (κ2) is 8.62. The monoisotopic (exact) mass is 388 g/mol. The molecule has 154 valence electrons. The topological polar surface area (TPSA) is 79.5 Å². The van der Waals surface area contributed by atoms with Crippen molar-refractivity contribution in [1.29, 1.82) is 0 Å². The second-order valence-electron chi connectivity index (χ2n) is 8.79. The fourth-order valence-corrected chi connectivity index (χ4v) is 5.06. The van der Waals surface area contributed by atoms with Crippen LogP contribution in [0, 0.1) is 24.7 Å². The molecule has 7 nitrogen and oxygen atoms in total. The van der Waals surface area contributed by atoms with Crippen molar-refractivity contribution in [2.24, 2.45) is 17.8 Å². The molecule has 28 heavy (non-hydrogen) atoms. The van der Waals surface area contributed by atoms with Gasteiger partial charge in [-0.15, -0.1) is 0 Å². The molecule has 1 saturated carbocycles. The van der Waals surface area contributed by atoms with Gasteiger partial charge in [-0.3, -0.25) is 9.59 Å². The number of hydrogen-bond donors (Lipinski definition) is 0. The highest BCUT2D eigenvalue weighted by molar-refractivity contribution is 5.81. The van der Waals surface area contributed by atoms with E-state index in [1.165, 1.54) is 12.8 Å². The summed E-state index contributed by atoms with van der Waals surface area (Å²) in [6, 6.07) is 0. The molecular formula is C21H32N4O3. The van der Waals surface area contributed by atoms with E-state index in [4.69, 9.17) is 4.52 Å². The molecule has 0 N–H and O–H groups in total. The van der Waals surface area contributed by atoms with Gasteiger partial charge >= 0.3 is 0 Å². The van der Waals surface area contributed by atoms with Crippen molar-refractivity contribution < 1.29 is 14.1 Å². The largest absolute Gasteiger partial charge is 0.342 e. The highest BCUT2D eigenvalue weighted by Crippen LogP contribution is 2.30. The Labute approximate surface area is 166 Å². The van der Waals surface area contributed by atoms with Crippen LogP contribution >= 0.6 is 0 Å². The SMILES string of the molecule is Cc1noc(CC2CCN(C(=O)C3CCN(C(=O)C4CCCC4)CC3)CC2)n1. The van der Waals surface area contributed by atoms with E-state index >= 15 is 0 Å². The molecule has 4 rings (SSSR count). The average Bonchev–Trinajstić information content (AvgIpc) is 3.40. The number of rotatable bonds is 4. The van der Waals surface area contributed by atoms with Crippen LogP contribution in [0.5, 0.6) is 0 Å². The standard InChI is InChI=1S/C21H32N4O3/c1-15-22-19(28-23-15)14-16-6-10-24(11-7-16)21(27)18-8-12-25(13-9-18)20(26)17-4-2-3-5-17/h16-18H,2-14H2,1H3. The lowest BCUT2D eigenvalue weighted by Gasteiger charge is -2.37. The van der Waals surface area contributed by atoms with Crippen LogP contribution in [-0.2, 0) is 16.0 Å². The number of likely N-dealkylation sites (tertiary alicyclic amines) is 2. The maximum Gasteiger partial charge on any atom is 0.226 e. The predicted molar refractivity (Wildman–Crippen MR) is 103 cm³/mol. The Bertz CT molecular complexity index is 682. The Balaban J connectivity index is 1.21. The van der Waals surface area contributed by atoms with Gasteiger partial charge in [0.25, 0.3) is 0 Å². The third kappa shape index (κ3) is 4.39. The van der Waals surface area contributed by atoms with Crippen molar-refractivity contribution in [3.63, 3.8) is 0 Å². The maximum atomic E-state index is 12.9. The summed E-state index contributed by atoms with van der Waals surface area (Å²) in [5, 5.41) is 3.85. The van der Waals surface area contributed by atoms with Crippen molar-refractivity contribution in [2.75, 3.05) is 26.2 Å². The van der Waals surface area contributed by atoms with E-state index < -0.39 is 0 Å². The zero-order valence-corrected chi connectivity index (χ0v) is 16.9. The molecule has 7 heteroatoms. The first kappa shape index (κ1) is 19.4. The summed E-state index contributed by atoms with van der Waals surface area (Å²) in [5.41, 5.74) is 0. The summed E-state index contributed by atoms with van der Waals surface area (Å²) >= 11 is 0. The maximum absolute atomic E-state index is 12.9. The number of piperidine rings is 2. The first-order valence-corrected chi connectivity index (χ1v) is 11.0. The molecular weight excluding hydrogens is 356 g/mol. The molecule has 2 amide bonds. The molecule has 1 aromatic heterocycles. The van der Waals surface area contributed by atoms with Crippen molar-refractivity contribution in [1.82, 2.24) is 19.9 Å². The van der Waals surface area contributed by atoms with Gasteiger partial charge in [0.2, 0.25) is 17.7 Å². The number of carbonyl (C=O) groups is 2. The Kier molecular flexibility index (Phi) is 5.97. The van der Waals surface area contributed by atoms with Gasteiger partial charge < -0.3 is 14.3 Å². The van der Waals surface area contributed by atoms with Gasteiger partial charge in [-0.2, -0.15) is 4.98 Å². The van der Waals surface area contributed by atoms with Crippen LogP contribution in [0.4, 0.5) is 0 Å². The third-order valence-electron chi connectivity index (χ3n) is 6.82. The van der Waals surface area contributed by atoms with E-state index in [9.17, 15) is 9.59 Å². The fourth-order valence-electron chi connectivity index (χ4n) is 5.06. The lowest BCUT2D eigenvalue weighted by atomic mass is 9.90.